The first kappa shape index (κ1) is 20.5. The molecule has 2 unspecified atom stereocenters. The van der Waals surface area contributed by atoms with Crippen molar-refractivity contribution in [2.75, 3.05) is 19.8 Å². The molecule has 1 aliphatic rings. The first-order chi connectivity index (χ1) is 10.6. The van der Waals surface area contributed by atoms with Crippen LogP contribution in [0.3, 0.4) is 0 Å². The highest BCUT2D eigenvalue weighted by molar-refractivity contribution is 6.48. The Morgan fingerprint density at radius 1 is 1.05 bits per heavy atom. The quantitative estimate of drug-likeness (QED) is 0.201. The Balaban J connectivity index is 2.14. The van der Waals surface area contributed by atoms with Crippen LogP contribution in [0, 0.1) is 5.92 Å². The average molecular weight is 353 g/mol. The highest BCUT2D eigenvalue weighted by atomic mass is 35.5. The third-order valence-electron chi connectivity index (χ3n) is 4.52. The fourth-order valence-corrected chi connectivity index (χ4v) is 3.27. The van der Waals surface area contributed by atoms with Gasteiger partial charge in [0.25, 0.3) is 0 Å². The lowest BCUT2D eigenvalue weighted by Crippen LogP contribution is -2.25. The van der Waals surface area contributed by atoms with Crippen molar-refractivity contribution >= 4 is 23.2 Å². The smallest absolute Gasteiger partial charge is 0.120 e. The van der Waals surface area contributed by atoms with Gasteiger partial charge in [-0.1, -0.05) is 52.4 Å². The van der Waals surface area contributed by atoms with Crippen molar-refractivity contribution in [1.82, 2.24) is 0 Å². The van der Waals surface area contributed by atoms with Crippen molar-refractivity contribution in [2.24, 2.45) is 5.92 Å². The molecule has 0 amide bonds. The van der Waals surface area contributed by atoms with Gasteiger partial charge in [-0.15, -0.1) is 23.2 Å². The number of hydrogen-bond donors (Lipinski definition) is 0. The minimum Gasteiger partial charge on any atom is -0.379 e. The van der Waals surface area contributed by atoms with E-state index in [1.54, 1.807) is 0 Å². The number of rotatable bonds is 15. The molecule has 2 atom stereocenters. The van der Waals surface area contributed by atoms with Crippen molar-refractivity contribution in [1.29, 1.82) is 0 Å². The van der Waals surface area contributed by atoms with E-state index in [9.17, 15) is 0 Å². The highest BCUT2D eigenvalue weighted by Gasteiger charge is 2.32. The van der Waals surface area contributed by atoms with Crippen LogP contribution < -0.4 is 0 Å². The fourth-order valence-electron chi connectivity index (χ4n) is 2.84. The largest absolute Gasteiger partial charge is 0.379 e. The molecule has 4 heteroatoms. The molecule has 0 aromatic rings. The third kappa shape index (κ3) is 9.60. The molecule has 132 valence electrons. The van der Waals surface area contributed by atoms with E-state index in [0.29, 0.717) is 12.0 Å². The maximum absolute atomic E-state index is 6.53. The third-order valence-corrected chi connectivity index (χ3v) is 5.67. The van der Waals surface area contributed by atoms with Crippen LogP contribution in [-0.2, 0) is 9.47 Å². The second-order valence-corrected chi connectivity index (χ2v) is 8.08. The molecule has 0 aromatic heterocycles. The van der Waals surface area contributed by atoms with Crippen molar-refractivity contribution < 1.29 is 9.47 Å². The van der Waals surface area contributed by atoms with Crippen LogP contribution in [0.1, 0.15) is 78.1 Å². The summed E-state index contributed by atoms with van der Waals surface area (Å²) >= 11 is 13.1. The number of unbranched alkanes of at least 4 members (excludes halogenated alkanes) is 5. The molecule has 22 heavy (non-hydrogen) atoms. The Hall–Kier alpha value is 0.500. The maximum Gasteiger partial charge on any atom is 0.120 e. The van der Waals surface area contributed by atoms with Gasteiger partial charge in [-0.2, -0.15) is 0 Å². The number of hydrogen-bond acceptors (Lipinski definition) is 2. The van der Waals surface area contributed by atoms with Gasteiger partial charge in [0.2, 0.25) is 0 Å². The molecule has 1 fully saturated rings. The van der Waals surface area contributed by atoms with Gasteiger partial charge in [-0.3, -0.25) is 0 Å². The number of epoxide rings is 1. The summed E-state index contributed by atoms with van der Waals surface area (Å²) in [6, 6.07) is 0. The molecule has 2 nitrogen and oxygen atoms in total. The van der Waals surface area contributed by atoms with Gasteiger partial charge in [-0.25, -0.2) is 0 Å². The molecule has 0 radical (unpaired) electrons. The van der Waals surface area contributed by atoms with Crippen molar-refractivity contribution in [3.8, 4) is 0 Å². The van der Waals surface area contributed by atoms with Gasteiger partial charge in [-0.05, 0) is 31.6 Å². The summed E-state index contributed by atoms with van der Waals surface area (Å²) in [6.45, 7) is 6.73. The van der Waals surface area contributed by atoms with E-state index in [1.165, 1.54) is 38.5 Å². The molecule has 1 heterocycles. The normalized spacial score (nSPS) is 19.4. The van der Waals surface area contributed by atoms with E-state index >= 15 is 0 Å². The lowest BCUT2D eigenvalue weighted by Gasteiger charge is -2.29. The zero-order chi connectivity index (χ0) is 16.3. The van der Waals surface area contributed by atoms with E-state index < -0.39 is 4.33 Å². The van der Waals surface area contributed by atoms with Crippen molar-refractivity contribution in [2.45, 2.75) is 88.5 Å². The van der Waals surface area contributed by atoms with Crippen LogP contribution in [-0.4, -0.2) is 30.3 Å². The molecule has 0 aliphatic carbocycles. The number of alkyl halides is 2. The topological polar surface area (TPSA) is 21.8 Å². The second-order valence-electron chi connectivity index (χ2n) is 6.54. The molecule has 1 rings (SSSR count). The summed E-state index contributed by atoms with van der Waals surface area (Å²) in [5.74, 6) is 0.382. The minimum atomic E-state index is -0.580. The summed E-state index contributed by atoms with van der Waals surface area (Å²) in [7, 11) is 0. The van der Waals surface area contributed by atoms with E-state index in [4.69, 9.17) is 32.7 Å². The van der Waals surface area contributed by atoms with E-state index in [2.05, 4.69) is 13.8 Å². The lowest BCUT2D eigenvalue weighted by atomic mass is 9.91. The molecule has 0 saturated carbocycles. The summed E-state index contributed by atoms with van der Waals surface area (Å²) in [5, 5.41) is 0. The molecule has 1 saturated heterocycles. The first-order valence-corrected chi connectivity index (χ1v) is 9.93. The van der Waals surface area contributed by atoms with Crippen molar-refractivity contribution in [3.05, 3.63) is 0 Å². The minimum absolute atomic E-state index is 0.356. The van der Waals surface area contributed by atoms with Crippen LogP contribution in [0.5, 0.6) is 0 Å². The molecular weight excluding hydrogens is 319 g/mol. The Kier molecular flexibility index (Phi) is 11.2. The summed E-state index contributed by atoms with van der Waals surface area (Å²) in [6.07, 6.45) is 12.3. The van der Waals surface area contributed by atoms with Crippen LogP contribution in [0.4, 0.5) is 0 Å². The van der Waals surface area contributed by atoms with Gasteiger partial charge in [0.1, 0.15) is 10.4 Å². The fraction of sp³-hybridized carbons (Fsp3) is 1.00. The average Bonchev–Trinajstić information content (AvgIpc) is 3.32. The van der Waals surface area contributed by atoms with Crippen LogP contribution in [0.2, 0.25) is 0 Å². The van der Waals surface area contributed by atoms with E-state index in [-0.39, 0.29) is 0 Å². The monoisotopic (exact) mass is 352 g/mol. The molecule has 1 aliphatic heterocycles. The van der Waals surface area contributed by atoms with Gasteiger partial charge >= 0.3 is 0 Å². The van der Waals surface area contributed by atoms with Gasteiger partial charge < -0.3 is 9.47 Å². The predicted molar refractivity (Wildman–Crippen MR) is 96.0 cm³/mol. The molecule has 0 spiro atoms. The summed E-state index contributed by atoms with van der Waals surface area (Å²) < 4.78 is 10.2. The highest BCUT2D eigenvalue weighted by Crippen LogP contribution is 2.39. The SMILES string of the molecule is CCCCCCCCC(CCCOCC1CO1)C(Cl)(Cl)CC. The Morgan fingerprint density at radius 2 is 1.68 bits per heavy atom. The van der Waals surface area contributed by atoms with E-state index in [0.717, 1.165) is 45.5 Å². The van der Waals surface area contributed by atoms with Gasteiger partial charge in [0.15, 0.2) is 0 Å². The zero-order valence-electron chi connectivity index (χ0n) is 14.4. The second kappa shape index (κ2) is 11.9. The number of ether oxygens (including phenoxy) is 2. The lowest BCUT2D eigenvalue weighted by molar-refractivity contribution is 0.109. The van der Waals surface area contributed by atoms with Crippen LogP contribution >= 0.6 is 23.2 Å². The molecular formula is C18H34Cl2O2. The Bertz CT molecular complexity index is 268. The standard InChI is InChI=1S/C18H34Cl2O2/c1-3-5-6-7-8-9-11-16(18(19,20)4-2)12-10-13-21-14-17-15-22-17/h16-17H,3-15H2,1-2H3. The summed E-state index contributed by atoms with van der Waals surface area (Å²) in [5.41, 5.74) is 0. The van der Waals surface area contributed by atoms with Crippen LogP contribution in [0.25, 0.3) is 0 Å². The molecule has 0 N–H and O–H groups in total. The Labute approximate surface area is 147 Å². The van der Waals surface area contributed by atoms with Crippen LogP contribution in [0.15, 0.2) is 0 Å². The first-order valence-electron chi connectivity index (χ1n) is 9.17. The van der Waals surface area contributed by atoms with Crippen molar-refractivity contribution in [3.63, 3.8) is 0 Å². The molecule has 0 aromatic carbocycles. The van der Waals surface area contributed by atoms with Gasteiger partial charge in [0.05, 0.1) is 13.2 Å². The zero-order valence-corrected chi connectivity index (χ0v) is 15.9. The summed E-state index contributed by atoms with van der Waals surface area (Å²) in [4.78, 5) is 0. The predicted octanol–water partition coefficient (Wildman–Crippen LogP) is 6.13. The molecule has 0 bridgehead atoms. The van der Waals surface area contributed by atoms with Gasteiger partial charge in [0, 0.05) is 6.61 Å². The Morgan fingerprint density at radius 3 is 2.32 bits per heavy atom. The van der Waals surface area contributed by atoms with E-state index in [1.807, 2.05) is 0 Å². The number of halogens is 2. The maximum atomic E-state index is 6.53.